The summed E-state index contributed by atoms with van der Waals surface area (Å²) in [6, 6.07) is 18.8. The number of aromatic nitrogens is 3. The Morgan fingerprint density at radius 2 is 1.96 bits per heavy atom. The molecule has 4 rings (SSSR count). The number of hydrogen-bond acceptors (Lipinski definition) is 4. The summed E-state index contributed by atoms with van der Waals surface area (Å²) < 4.78 is 7.77. The van der Waals surface area contributed by atoms with E-state index in [1.165, 1.54) is 0 Å². The van der Waals surface area contributed by atoms with Gasteiger partial charge < -0.3 is 14.5 Å². The molecule has 3 heterocycles. The number of imidazole rings is 1. The third-order valence-corrected chi connectivity index (χ3v) is 4.29. The van der Waals surface area contributed by atoms with Gasteiger partial charge in [0.25, 0.3) is 5.91 Å². The highest BCUT2D eigenvalue weighted by Crippen LogP contribution is 2.15. The number of pyridine rings is 2. The van der Waals surface area contributed by atoms with Crippen LogP contribution in [0.3, 0.4) is 0 Å². The second-order valence-corrected chi connectivity index (χ2v) is 6.34. The minimum Gasteiger partial charge on any atom is -0.487 e. The minimum atomic E-state index is -0.130. The van der Waals surface area contributed by atoms with Crippen LogP contribution in [0.4, 0.5) is 0 Å². The quantitative estimate of drug-likeness (QED) is 0.541. The van der Waals surface area contributed by atoms with Gasteiger partial charge in [-0.05, 0) is 42.5 Å². The zero-order chi connectivity index (χ0) is 19.2. The molecule has 4 aromatic rings. The average Bonchev–Trinajstić information content (AvgIpc) is 3.16. The van der Waals surface area contributed by atoms with E-state index in [0.29, 0.717) is 30.9 Å². The van der Waals surface area contributed by atoms with Crippen molar-refractivity contribution in [1.82, 2.24) is 19.7 Å². The highest BCUT2D eigenvalue weighted by Gasteiger charge is 2.08. The number of hydrogen-bond donors (Lipinski definition) is 1. The number of nitrogens with zero attached hydrogens (tertiary/aromatic N) is 3. The highest BCUT2D eigenvalue weighted by molar-refractivity contribution is 5.94. The summed E-state index contributed by atoms with van der Waals surface area (Å²) in [6.07, 6.45) is 6.32. The maximum atomic E-state index is 12.4. The van der Waals surface area contributed by atoms with E-state index in [-0.39, 0.29) is 5.91 Å². The van der Waals surface area contributed by atoms with E-state index in [4.69, 9.17) is 4.74 Å². The molecular weight excluding hydrogens is 352 g/mol. The van der Waals surface area contributed by atoms with Crippen molar-refractivity contribution in [3.05, 3.63) is 96.2 Å². The molecule has 0 fully saturated rings. The average molecular weight is 372 g/mol. The zero-order valence-corrected chi connectivity index (χ0v) is 15.3. The number of benzene rings is 1. The highest BCUT2D eigenvalue weighted by atomic mass is 16.5. The minimum absolute atomic E-state index is 0.130. The second-order valence-electron chi connectivity index (χ2n) is 6.34. The molecule has 0 aliphatic heterocycles. The Labute approximate surface area is 162 Å². The number of fused-ring (bicyclic) bond motifs is 1. The number of rotatable bonds is 7. The van der Waals surface area contributed by atoms with Gasteiger partial charge in [-0.1, -0.05) is 18.2 Å². The van der Waals surface area contributed by atoms with Gasteiger partial charge in [-0.3, -0.25) is 9.78 Å². The van der Waals surface area contributed by atoms with Crippen LogP contribution in [0.15, 0.2) is 79.3 Å². The normalized spacial score (nSPS) is 10.7. The van der Waals surface area contributed by atoms with E-state index in [0.717, 1.165) is 17.0 Å². The molecule has 0 unspecified atom stereocenters. The van der Waals surface area contributed by atoms with Crippen molar-refractivity contribution in [2.75, 3.05) is 6.54 Å². The van der Waals surface area contributed by atoms with Gasteiger partial charge >= 0.3 is 0 Å². The van der Waals surface area contributed by atoms with Crippen LogP contribution in [0.2, 0.25) is 0 Å². The molecule has 0 bridgehead atoms. The van der Waals surface area contributed by atoms with Crippen molar-refractivity contribution in [2.45, 2.75) is 13.0 Å². The van der Waals surface area contributed by atoms with Crippen LogP contribution in [0.25, 0.3) is 5.65 Å². The third-order valence-electron chi connectivity index (χ3n) is 4.29. The van der Waals surface area contributed by atoms with Crippen molar-refractivity contribution in [1.29, 1.82) is 0 Å². The van der Waals surface area contributed by atoms with Crippen LogP contribution in [0.1, 0.15) is 21.7 Å². The lowest BCUT2D eigenvalue weighted by Crippen LogP contribution is -2.25. The van der Waals surface area contributed by atoms with Gasteiger partial charge in [-0.15, -0.1) is 0 Å². The lowest BCUT2D eigenvalue weighted by atomic mass is 10.2. The molecule has 1 N–H and O–H groups in total. The summed E-state index contributed by atoms with van der Waals surface area (Å²) in [4.78, 5) is 21.1. The number of carbonyl (C=O) groups is 1. The lowest BCUT2D eigenvalue weighted by Gasteiger charge is -2.08. The Kier molecular flexibility index (Phi) is 5.29. The molecule has 1 aromatic carbocycles. The van der Waals surface area contributed by atoms with Gasteiger partial charge in [0.2, 0.25) is 0 Å². The molecule has 0 radical (unpaired) electrons. The maximum absolute atomic E-state index is 12.4. The Balaban J connectivity index is 1.33. The van der Waals surface area contributed by atoms with E-state index in [1.807, 2.05) is 65.3 Å². The topological polar surface area (TPSA) is 68.5 Å². The molecule has 0 saturated carbocycles. The van der Waals surface area contributed by atoms with Gasteiger partial charge in [0.1, 0.15) is 18.0 Å². The molecule has 28 heavy (non-hydrogen) atoms. The summed E-state index contributed by atoms with van der Waals surface area (Å²) in [7, 11) is 0. The van der Waals surface area contributed by atoms with E-state index >= 15 is 0 Å². The van der Waals surface area contributed by atoms with Crippen LogP contribution in [0, 0.1) is 0 Å². The van der Waals surface area contributed by atoms with E-state index in [9.17, 15) is 4.79 Å². The summed E-state index contributed by atoms with van der Waals surface area (Å²) in [5.74, 6) is 0.503. The SMILES string of the molecule is O=C(NCCc1ccccn1)c1cccc(OCc2cn3ccccc3n2)c1. The van der Waals surface area contributed by atoms with Crippen molar-refractivity contribution in [3.63, 3.8) is 0 Å². The molecule has 0 atom stereocenters. The molecule has 1 amide bonds. The van der Waals surface area contributed by atoms with Crippen LogP contribution in [-0.2, 0) is 13.0 Å². The predicted molar refractivity (Wildman–Crippen MR) is 106 cm³/mol. The molecule has 140 valence electrons. The number of carbonyl (C=O) groups excluding carboxylic acids is 1. The van der Waals surface area contributed by atoms with Crippen molar-refractivity contribution in [2.24, 2.45) is 0 Å². The monoisotopic (exact) mass is 372 g/mol. The Hall–Kier alpha value is -3.67. The number of amides is 1. The van der Waals surface area contributed by atoms with Gasteiger partial charge in [-0.2, -0.15) is 0 Å². The summed E-state index contributed by atoms with van der Waals surface area (Å²) in [5.41, 5.74) is 3.22. The van der Waals surface area contributed by atoms with Gasteiger partial charge in [0.15, 0.2) is 0 Å². The van der Waals surface area contributed by atoms with Crippen LogP contribution in [0.5, 0.6) is 5.75 Å². The summed E-state index contributed by atoms with van der Waals surface area (Å²) in [5, 5.41) is 2.92. The Bertz CT molecular complexity index is 1040. The van der Waals surface area contributed by atoms with E-state index in [1.54, 1.807) is 18.3 Å². The van der Waals surface area contributed by atoms with Crippen LogP contribution < -0.4 is 10.1 Å². The van der Waals surface area contributed by atoms with Gasteiger partial charge in [-0.25, -0.2) is 4.98 Å². The predicted octanol–water partition coefficient (Wildman–Crippen LogP) is 3.28. The number of nitrogens with one attached hydrogen (secondary N) is 1. The maximum Gasteiger partial charge on any atom is 0.251 e. The second kappa shape index (κ2) is 8.35. The largest absolute Gasteiger partial charge is 0.487 e. The smallest absolute Gasteiger partial charge is 0.251 e. The molecular formula is C22H20N4O2. The zero-order valence-electron chi connectivity index (χ0n) is 15.3. The fraction of sp³-hybridized carbons (Fsp3) is 0.136. The molecule has 0 aliphatic carbocycles. The molecule has 6 heteroatoms. The van der Waals surface area contributed by atoms with Crippen molar-refractivity contribution < 1.29 is 9.53 Å². The van der Waals surface area contributed by atoms with Crippen molar-refractivity contribution >= 4 is 11.6 Å². The summed E-state index contributed by atoms with van der Waals surface area (Å²) >= 11 is 0. The first-order valence-electron chi connectivity index (χ1n) is 9.11. The molecule has 3 aromatic heterocycles. The first-order valence-corrected chi connectivity index (χ1v) is 9.11. The lowest BCUT2D eigenvalue weighted by molar-refractivity contribution is 0.0953. The van der Waals surface area contributed by atoms with Crippen LogP contribution in [-0.4, -0.2) is 26.8 Å². The molecule has 0 aliphatic rings. The van der Waals surface area contributed by atoms with Crippen molar-refractivity contribution in [3.8, 4) is 5.75 Å². The first kappa shape index (κ1) is 17.7. The molecule has 0 spiro atoms. The van der Waals surface area contributed by atoms with Gasteiger partial charge in [0.05, 0.1) is 5.69 Å². The Morgan fingerprint density at radius 1 is 1.04 bits per heavy atom. The fourth-order valence-electron chi connectivity index (χ4n) is 2.89. The standard InChI is InChI=1S/C22H20N4O2/c27-22(24-12-10-18-7-1-3-11-23-18)17-6-5-8-20(14-17)28-16-19-15-26-13-4-2-9-21(26)25-19/h1-9,11,13-15H,10,12,16H2,(H,24,27). The fourth-order valence-corrected chi connectivity index (χ4v) is 2.89. The van der Waals surface area contributed by atoms with E-state index in [2.05, 4.69) is 15.3 Å². The molecule has 6 nitrogen and oxygen atoms in total. The third kappa shape index (κ3) is 4.35. The number of ether oxygens (including phenoxy) is 1. The Morgan fingerprint density at radius 3 is 2.82 bits per heavy atom. The summed E-state index contributed by atoms with van der Waals surface area (Å²) in [6.45, 7) is 0.870. The van der Waals surface area contributed by atoms with Gasteiger partial charge in [0, 0.05) is 42.8 Å². The first-order chi connectivity index (χ1) is 13.8. The van der Waals surface area contributed by atoms with E-state index < -0.39 is 0 Å². The molecule has 0 saturated heterocycles. The van der Waals surface area contributed by atoms with Crippen LogP contribution >= 0.6 is 0 Å².